The van der Waals surface area contributed by atoms with E-state index in [1.54, 1.807) is 42.6 Å². The fourth-order valence-corrected chi connectivity index (χ4v) is 2.97. The van der Waals surface area contributed by atoms with Crippen LogP contribution in [0.3, 0.4) is 0 Å². The molecule has 3 aromatic rings. The molecule has 29 heavy (non-hydrogen) atoms. The number of hydrogen-bond acceptors (Lipinski definition) is 4. The zero-order chi connectivity index (χ0) is 20.8. The Labute approximate surface area is 170 Å². The summed E-state index contributed by atoms with van der Waals surface area (Å²) in [5, 5.41) is 8.85. The molecule has 6 heteroatoms. The number of para-hydroxylation sites is 1. The standard InChI is InChI=1S/C23H24N4O2/c1-15(2)20-9-4-5-10-21(20)27-22-13-17(11-12-24-22)23(29)26-19-8-6-7-18(14-19)25-16(3)28/h4-15H,1-3H3,(H,24,27)(H,25,28)(H,26,29). The number of carbonyl (C=O) groups is 2. The SMILES string of the molecule is CC(=O)Nc1cccc(NC(=O)c2ccnc(Nc3ccccc3C(C)C)c2)c1. The maximum absolute atomic E-state index is 12.7. The number of aromatic nitrogens is 1. The maximum atomic E-state index is 12.7. The van der Waals surface area contributed by atoms with Crippen LogP contribution in [0.2, 0.25) is 0 Å². The molecule has 0 saturated carbocycles. The van der Waals surface area contributed by atoms with Crippen molar-refractivity contribution in [3.05, 3.63) is 78.0 Å². The molecule has 2 aromatic carbocycles. The van der Waals surface area contributed by atoms with Crippen molar-refractivity contribution >= 4 is 34.7 Å². The fourth-order valence-electron chi connectivity index (χ4n) is 2.97. The first kappa shape index (κ1) is 20.1. The number of pyridine rings is 1. The summed E-state index contributed by atoms with van der Waals surface area (Å²) in [6.45, 7) is 5.70. The molecule has 0 radical (unpaired) electrons. The average Bonchev–Trinajstić information content (AvgIpc) is 2.68. The molecule has 0 unspecified atom stereocenters. The Balaban J connectivity index is 1.76. The van der Waals surface area contributed by atoms with Gasteiger partial charge in [-0.1, -0.05) is 38.1 Å². The second kappa shape index (κ2) is 9.01. The molecule has 3 N–H and O–H groups in total. The first-order valence-electron chi connectivity index (χ1n) is 9.43. The molecule has 2 amide bonds. The van der Waals surface area contributed by atoms with Crippen LogP contribution in [0.15, 0.2) is 66.9 Å². The van der Waals surface area contributed by atoms with Gasteiger partial charge in [-0.3, -0.25) is 9.59 Å². The number of hydrogen-bond donors (Lipinski definition) is 3. The number of rotatable bonds is 6. The van der Waals surface area contributed by atoms with Crippen molar-refractivity contribution in [3.63, 3.8) is 0 Å². The smallest absolute Gasteiger partial charge is 0.255 e. The van der Waals surface area contributed by atoms with Gasteiger partial charge in [0.1, 0.15) is 5.82 Å². The van der Waals surface area contributed by atoms with Crippen molar-refractivity contribution < 1.29 is 9.59 Å². The molecule has 0 saturated heterocycles. The quantitative estimate of drug-likeness (QED) is 0.545. The monoisotopic (exact) mass is 388 g/mol. The zero-order valence-corrected chi connectivity index (χ0v) is 16.7. The Kier molecular flexibility index (Phi) is 6.24. The lowest BCUT2D eigenvalue weighted by molar-refractivity contribution is -0.114. The Hall–Kier alpha value is -3.67. The van der Waals surface area contributed by atoms with Crippen LogP contribution in [0, 0.1) is 0 Å². The molecule has 3 rings (SSSR count). The third kappa shape index (κ3) is 5.42. The van der Waals surface area contributed by atoms with E-state index in [-0.39, 0.29) is 11.8 Å². The molecule has 0 atom stereocenters. The highest BCUT2D eigenvalue weighted by Crippen LogP contribution is 2.26. The third-order valence-electron chi connectivity index (χ3n) is 4.31. The first-order valence-corrected chi connectivity index (χ1v) is 9.43. The molecular formula is C23H24N4O2. The lowest BCUT2D eigenvalue weighted by Crippen LogP contribution is -2.13. The zero-order valence-electron chi connectivity index (χ0n) is 16.7. The highest BCUT2D eigenvalue weighted by Gasteiger charge is 2.10. The highest BCUT2D eigenvalue weighted by atomic mass is 16.2. The van der Waals surface area contributed by atoms with E-state index in [4.69, 9.17) is 0 Å². The maximum Gasteiger partial charge on any atom is 0.255 e. The van der Waals surface area contributed by atoms with E-state index >= 15 is 0 Å². The van der Waals surface area contributed by atoms with E-state index in [0.29, 0.717) is 28.7 Å². The van der Waals surface area contributed by atoms with E-state index in [0.717, 1.165) is 5.69 Å². The van der Waals surface area contributed by atoms with Crippen molar-refractivity contribution in [2.45, 2.75) is 26.7 Å². The summed E-state index contributed by atoms with van der Waals surface area (Å²) < 4.78 is 0. The number of anilines is 4. The second-order valence-electron chi connectivity index (χ2n) is 7.01. The summed E-state index contributed by atoms with van der Waals surface area (Å²) in [6, 6.07) is 18.4. The van der Waals surface area contributed by atoms with Crippen LogP contribution in [0.25, 0.3) is 0 Å². The summed E-state index contributed by atoms with van der Waals surface area (Å²) in [4.78, 5) is 28.2. The normalized spacial score (nSPS) is 10.5. The molecular weight excluding hydrogens is 364 g/mol. The van der Waals surface area contributed by atoms with Crippen molar-refractivity contribution in [2.75, 3.05) is 16.0 Å². The van der Waals surface area contributed by atoms with Crippen LogP contribution < -0.4 is 16.0 Å². The predicted molar refractivity (Wildman–Crippen MR) is 117 cm³/mol. The molecule has 0 spiro atoms. The van der Waals surface area contributed by atoms with Crippen LogP contribution in [0.1, 0.15) is 42.6 Å². The largest absolute Gasteiger partial charge is 0.340 e. The number of benzene rings is 2. The van der Waals surface area contributed by atoms with Crippen molar-refractivity contribution in [1.82, 2.24) is 4.98 Å². The third-order valence-corrected chi connectivity index (χ3v) is 4.31. The Morgan fingerprint density at radius 1 is 0.897 bits per heavy atom. The van der Waals surface area contributed by atoms with E-state index in [2.05, 4.69) is 40.8 Å². The molecule has 0 aliphatic heterocycles. The minimum absolute atomic E-state index is 0.167. The average molecular weight is 388 g/mol. The number of nitrogens with zero attached hydrogens (tertiary/aromatic N) is 1. The van der Waals surface area contributed by atoms with Crippen LogP contribution in [0.5, 0.6) is 0 Å². The first-order chi connectivity index (χ1) is 13.9. The van der Waals surface area contributed by atoms with Crippen LogP contribution in [-0.2, 0) is 4.79 Å². The van der Waals surface area contributed by atoms with E-state index in [1.807, 2.05) is 18.2 Å². The highest BCUT2D eigenvalue weighted by molar-refractivity contribution is 6.05. The molecule has 0 bridgehead atoms. The van der Waals surface area contributed by atoms with Gasteiger partial charge in [0.25, 0.3) is 5.91 Å². The van der Waals surface area contributed by atoms with Gasteiger partial charge in [-0.15, -0.1) is 0 Å². The van der Waals surface area contributed by atoms with Gasteiger partial charge in [-0.05, 0) is 47.9 Å². The minimum atomic E-state index is -0.257. The van der Waals surface area contributed by atoms with Gasteiger partial charge < -0.3 is 16.0 Å². The van der Waals surface area contributed by atoms with Crippen LogP contribution in [0.4, 0.5) is 22.9 Å². The molecule has 6 nitrogen and oxygen atoms in total. The summed E-state index contributed by atoms with van der Waals surface area (Å²) >= 11 is 0. The van der Waals surface area contributed by atoms with Crippen LogP contribution in [-0.4, -0.2) is 16.8 Å². The second-order valence-corrected chi connectivity index (χ2v) is 7.01. The summed E-state index contributed by atoms with van der Waals surface area (Å²) in [5.74, 6) is 0.534. The summed E-state index contributed by atoms with van der Waals surface area (Å²) in [6.07, 6.45) is 1.60. The Morgan fingerprint density at radius 2 is 1.62 bits per heavy atom. The van der Waals surface area contributed by atoms with E-state index in [9.17, 15) is 9.59 Å². The van der Waals surface area contributed by atoms with Gasteiger partial charge in [0.05, 0.1) is 0 Å². The molecule has 148 valence electrons. The fraction of sp³-hybridized carbons (Fsp3) is 0.174. The molecule has 1 aromatic heterocycles. The van der Waals surface area contributed by atoms with E-state index in [1.165, 1.54) is 12.5 Å². The lowest BCUT2D eigenvalue weighted by atomic mass is 10.0. The summed E-state index contributed by atoms with van der Waals surface area (Å²) in [5.41, 5.74) is 3.85. The molecule has 0 aliphatic rings. The van der Waals surface area contributed by atoms with Gasteiger partial charge in [-0.25, -0.2) is 4.98 Å². The van der Waals surface area contributed by atoms with Crippen LogP contribution >= 0.6 is 0 Å². The summed E-state index contributed by atoms with van der Waals surface area (Å²) in [7, 11) is 0. The molecule has 0 aliphatic carbocycles. The molecule has 0 fully saturated rings. The minimum Gasteiger partial charge on any atom is -0.340 e. The van der Waals surface area contributed by atoms with E-state index < -0.39 is 0 Å². The lowest BCUT2D eigenvalue weighted by Gasteiger charge is -2.14. The molecule has 1 heterocycles. The Morgan fingerprint density at radius 3 is 2.34 bits per heavy atom. The van der Waals surface area contributed by atoms with Crippen molar-refractivity contribution in [1.29, 1.82) is 0 Å². The van der Waals surface area contributed by atoms with Gasteiger partial charge in [0, 0.05) is 35.7 Å². The van der Waals surface area contributed by atoms with Gasteiger partial charge in [0.2, 0.25) is 5.91 Å². The number of amides is 2. The Bertz CT molecular complexity index is 1030. The number of carbonyl (C=O) groups excluding carboxylic acids is 2. The van der Waals surface area contributed by atoms with Gasteiger partial charge in [-0.2, -0.15) is 0 Å². The van der Waals surface area contributed by atoms with Crippen molar-refractivity contribution in [3.8, 4) is 0 Å². The van der Waals surface area contributed by atoms with Crippen molar-refractivity contribution in [2.24, 2.45) is 0 Å². The number of nitrogens with one attached hydrogen (secondary N) is 3. The topological polar surface area (TPSA) is 83.1 Å². The van der Waals surface area contributed by atoms with Gasteiger partial charge >= 0.3 is 0 Å². The predicted octanol–water partition coefficient (Wildman–Crippen LogP) is 5.16. The van der Waals surface area contributed by atoms with Gasteiger partial charge in [0.15, 0.2) is 0 Å².